The Morgan fingerprint density at radius 3 is 2.67 bits per heavy atom. The van der Waals surface area contributed by atoms with Crippen molar-refractivity contribution in [3.63, 3.8) is 0 Å². The Bertz CT molecular complexity index is 1130. The van der Waals surface area contributed by atoms with Gasteiger partial charge in [-0.25, -0.2) is 4.68 Å². The van der Waals surface area contributed by atoms with Crippen molar-refractivity contribution >= 4 is 44.3 Å². The number of benzene rings is 1. The molecule has 1 saturated carbocycles. The summed E-state index contributed by atoms with van der Waals surface area (Å²) in [5, 5.41) is 30.2. The standard InChI is InChI=1S/C18H18N6O5S/c1-9(8-25)19-17(27)13-14-15(20-18(30-14)21-16(26)10-2-3-10)23(22-13)11-4-6-12(7-5-11)24(28)29/h4-7,9-10,25H,2-3,8H2,1H3,(H,19,27)(H,20,21,26)/t9-/m1/s1. The molecule has 2 amide bonds. The number of aliphatic hydroxyl groups excluding tert-OH is 1. The van der Waals surface area contributed by atoms with Gasteiger partial charge in [0, 0.05) is 24.1 Å². The van der Waals surface area contributed by atoms with Gasteiger partial charge in [-0.05, 0) is 31.9 Å². The highest BCUT2D eigenvalue weighted by Gasteiger charge is 2.31. The molecular weight excluding hydrogens is 412 g/mol. The fourth-order valence-corrected chi connectivity index (χ4v) is 3.72. The molecule has 0 bridgehead atoms. The van der Waals surface area contributed by atoms with Gasteiger partial charge in [0.25, 0.3) is 11.6 Å². The summed E-state index contributed by atoms with van der Waals surface area (Å²) >= 11 is 1.13. The third kappa shape index (κ3) is 3.86. The van der Waals surface area contributed by atoms with E-state index in [0.29, 0.717) is 21.2 Å². The maximum absolute atomic E-state index is 12.7. The van der Waals surface area contributed by atoms with Gasteiger partial charge in [0.05, 0.1) is 17.2 Å². The van der Waals surface area contributed by atoms with E-state index in [9.17, 15) is 24.8 Å². The molecule has 0 aliphatic heterocycles. The lowest BCUT2D eigenvalue weighted by Gasteiger charge is -2.09. The van der Waals surface area contributed by atoms with Crippen molar-refractivity contribution in [2.45, 2.75) is 25.8 Å². The Balaban J connectivity index is 1.75. The molecule has 1 aliphatic rings. The first-order valence-electron chi connectivity index (χ1n) is 9.24. The van der Waals surface area contributed by atoms with Crippen LogP contribution >= 0.6 is 11.3 Å². The van der Waals surface area contributed by atoms with Crippen molar-refractivity contribution in [1.29, 1.82) is 0 Å². The van der Waals surface area contributed by atoms with Crippen molar-refractivity contribution in [3.8, 4) is 5.69 Å². The lowest BCUT2D eigenvalue weighted by atomic mass is 10.3. The molecule has 1 aromatic carbocycles. The third-order valence-corrected chi connectivity index (χ3v) is 5.54. The Labute approximate surface area is 173 Å². The Kier molecular flexibility index (Phi) is 5.18. The number of nitrogens with zero attached hydrogens (tertiary/aromatic N) is 4. The predicted molar refractivity (Wildman–Crippen MR) is 109 cm³/mol. The number of hydrogen-bond acceptors (Lipinski definition) is 8. The molecule has 11 nitrogen and oxygen atoms in total. The zero-order chi connectivity index (χ0) is 21.4. The molecule has 0 radical (unpaired) electrons. The average molecular weight is 430 g/mol. The summed E-state index contributed by atoms with van der Waals surface area (Å²) in [7, 11) is 0. The minimum atomic E-state index is -0.508. The Morgan fingerprint density at radius 2 is 2.07 bits per heavy atom. The van der Waals surface area contributed by atoms with Crippen LogP contribution in [0.2, 0.25) is 0 Å². The van der Waals surface area contributed by atoms with Crippen LogP contribution in [0.1, 0.15) is 30.3 Å². The van der Waals surface area contributed by atoms with Gasteiger partial charge in [0.1, 0.15) is 4.70 Å². The van der Waals surface area contributed by atoms with Crippen molar-refractivity contribution < 1.29 is 19.6 Å². The number of non-ortho nitro benzene ring substituents is 1. The highest BCUT2D eigenvalue weighted by Crippen LogP contribution is 2.34. The molecule has 1 fully saturated rings. The van der Waals surface area contributed by atoms with Crippen LogP contribution in [-0.2, 0) is 4.79 Å². The molecular formula is C18H18N6O5S. The van der Waals surface area contributed by atoms with E-state index in [0.717, 1.165) is 24.2 Å². The molecule has 2 heterocycles. The quantitative estimate of drug-likeness (QED) is 0.382. The van der Waals surface area contributed by atoms with Crippen LogP contribution in [0.15, 0.2) is 24.3 Å². The number of fused-ring (bicyclic) bond motifs is 1. The van der Waals surface area contributed by atoms with E-state index in [1.807, 2.05) is 0 Å². The number of aromatic nitrogens is 3. The van der Waals surface area contributed by atoms with E-state index < -0.39 is 16.9 Å². The zero-order valence-electron chi connectivity index (χ0n) is 15.9. The third-order valence-electron chi connectivity index (χ3n) is 4.57. The molecule has 0 saturated heterocycles. The lowest BCUT2D eigenvalue weighted by Crippen LogP contribution is -2.35. The van der Waals surface area contributed by atoms with Gasteiger partial charge in [-0.15, -0.1) is 0 Å². The number of carbonyl (C=O) groups excluding carboxylic acids is 2. The largest absolute Gasteiger partial charge is 0.394 e. The smallest absolute Gasteiger partial charge is 0.273 e. The van der Waals surface area contributed by atoms with Gasteiger partial charge in [0.2, 0.25) is 5.91 Å². The van der Waals surface area contributed by atoms with Crippen LogP contribution in [0.5, 0.6) is 0 Å². The van der Waals surface area contributed by atoms with Crippen molar-refractivity contribution in [2.75, 3.05) is 11.9 Å². The minimum absolute atomic E-state index is 0.00337. The number of nitro benzene ring substituents is 1. The van der Waals surface area contributed by atoms with Crippen molar-refractivity contribution in [2.24, 2.45) is 5.92 Å². The number of thiazole rings is 1. The summed E-state index contributed by atoms with van der Waals surface area (Å²) in [4.78, 5) is 39.6. The summed E-state index contributed by atoms with van der Waals surface area (Å²) < 4.78 is 1.86. The van der Waals surface area contributed by atoms with E-state index in [4.69, 9.17) is 0 Å². The minimum Gasteiger partial charge on any atom is -0.394 e. The highest BCUT2D eigenvalue weighted by atomic mass is 32.1. The van der Waals surface area contributed by atoms with Gasteiger partial charge in [-0.1, -0.05) is 11.3 Å². The number of nitrogens with one attached hydrogen (secondary N) is 2. The van der Waals surface area contributed by atoms with Gasteiger partial charge < -0.3 is 15.7 Å². The molecule has 0 unspecified atom stereocenters. The van der Waals surface area contributed by atoms with Crippen LogP contribution in [0, 0.1) is 16.0 Å². The number of nitro groups is 1. The number of rotatable bonds is 7. The molecule has 1 atom stereocenters. The number of carbonyl (C=O) groups is 2. The van der Waals surface area contributed by atoms with Gasteiger partial charge >= 0.3 is 0 Å². The van der Waals surface area contributed by atoms with E-state index in [-0.39, 0.29) is 29.8 Å². The number of anilines is 1. The van der Waals surface area contributed by atoms with Gasteiger partial charge in [0.15, 0.2) is 16.5 Å². The predicted octanol–water partition coefficient (Wildman–Crippen LogP) is 1.85. The number of hydrogen-bond donors (Lipinski definition) is 3. The summed E-state index contributed by atoms with van der Waals surface area (Å²) in [5.41, 5.74) is 0.840. The van der Waals surface area contributed by atoms with Crippen LogP contribution in [0.25, 0.3) is 16.0 Å². The summed E-state index contributed by atoms with van der Waals surface area (Å²) in [6, 6.07) is 5.20. The second-order valence-electron chi connectivity index (χ2n) is 7.03. The lowest BCUT2D eigenvalue weighted by molar-refractivity contribution is -0.384. The molecule has 156 valence electrons. The molecule has 1 aliphatic carbocycles. The van der Waals surface area contributed by atoms with Crippen molar-refractivity contribution in [3.05, 3.63) is 40.1 Å². The molecule has 2 aromatic heterocycles. The van der Waals surface area contributed by atoms with Crippen LogP contribution in [0.4, 0.5) is 10.8 Å². The SMILES string of the molecule is C[C@H](CO)NC(=O)c1nn(-c2ccc([N+](=O)[O-])cc2)c2nc(NC(=O)C3CC3)sc12. The monoisotopic (exact) mass is 430 g/mol. The molecule has 0 spiro atoms. The highest BCUT2D eigenvalue weighted by molar-refractivity contribution is 7.22. The summed E-state index contributed by atoms with van der Waals surface area (Å²) in [6.45, 7) is 1.42. The Morgan fingerprint density at radius 1 is 1.37 bits per heavy atom. The maximum Gasteiger partial charge on any atom is 0.273 e. The van der Waals surface area contributed by atoms with E-state index in [1.165, 1.54) is 28.9 Å². The van der Waals surface area contributed by atoms with Crippen LogP contribution in [0.3, 0.4) is 0 Å². The van der Waals surface area contributed by atoms with E-state index >= 15 is 0 Å². The molecule has 12 heteroatoms. The summed E-state index contributed by atoms with van der Waals surface area (Å²) in [6.07, 6.45) is 1.69. The normalized spacial score (nSPS) is 14.5. The first-order chi connectivity index (χ1) is 14.4. The van der Waals surface area contributed by atoms with Gasteiger partial charge in [-0.2, -0.15) is 10.1 Å². The van der Waals surface area contributed by atoms with E-state index in [2.05, 4.69) is 20.7 Å². The number of aliphatic hydroxyl groups is 1. The van der Waals surface area contributed by atoms with Crippen LogP contribution in [-0.4, -0.2) is 49.3 Å². The second kappa shape index (κ2) is 7.80. The second-order valence-corrected chi connectivity index (χ2v) is 8.03. The number of amides is 2. The summed E-state index contributed by atoms with van der Waals surface area (Å²) in [5.74, 6) is -0.608. The average Bonchev–Trinajstić information content (AvgIpc) is 3.41. The molecule has 3 N–H and O–H groups in total. The Hall–Kier alpha value is -3.38. The van der Waals surface area contributed by atoms with Crippen LogP contribution < -0.4 is 10.6 Å². The zero-order valence-corrected chi connectivity index (χ0v) is 16.7. The van der Waals surface area contributed by atoms with E-state index in [1.54, 1.807) is 6.92 Å². The first-order valence-corrected chi connectivity index (χ1v) is 10.1. The first kappa shape index (κ1) is 19.9. The van der Waals surface area contributed by atoms with Gasteiger partial charge in [-0.3, -0.25) is 19.7 Å². The topological polar surface area (TPSA) is 152 Å². The molecule has 30 heavy (non-hydrogen) atoms. The molecule has 4 rings (SSSR count). The fourth-order valence-electron chi connectivity index (χ4n) is 2.79. The molecule has 3 aromatic rings. The fraction of sp³-hybridized carbons (Fsp3) is 0.333. The maximum atomic E-state index is 12.7. The van der Waals surface area contributed by atoms with Crippen molar-refractivity contribution in [1.82, 2.24) is 20.1 Å².